The summed E-state index contributed by atoms with van der Waals surface area (Å²) >= 11 is 3.17. The molecule has 3 rings (SSSR count). The zero-order chi connectivity index (χ0) is 23.3. The molecule has 0 aliphatic carbocycles. The van der Waals surface area contributed by atoms with E-state index in [0.29, 0.717) is 19.8 Å². The van der Waals surface area contributed by atoms with Crippen molar-refractivity contribution in [3.8, 4) is 0 Å². The standard InChI is InChI=1S/C23H15FINO5S/c24-18-11-10-17(12-19(18)26(30)31)20(25)22(32-13-14-4-2-1-3-5-14)21(27)15-6-8-16(9-7-15)23(28)29/h1-12H,13H2,(H,28,29). The Hall–Kier alpha value is -3.05. The summed E-state index contributed by atoms with van der Waals surface area (Å²) < 4.78 is 14.2. The van der Waals surface area contributed by atoms with Crippen LogP contribution in [0.2, 0.25) is 0 Å². The highest BCUT2D eigenvalue weighted by atomic mass is 127. The fourth-order valence-electron chi connectivity index (χ4n) is 2.77. The predicted octanol–water partition coefficient (Wildman–Crippen LogP) is 6.35. The maximum absolute atomic E-state index is 13.8. The molecule has 0 aromatic heterocycles. The van der Waals surface area contributed by atoms with E-state index >= 15 is 0 Å². The number of carbonyl (C=O) groups is 2. The maximum Gasteiger partial charge on any atom is 0.335 e. The number of carboxylic acid groups (broad SMARTS) is 1. The Morgan fingerprint density at radius 3 is 2.16 bits per heavy atom. The van der Waals surface area contributed by atoms with Gasteiger partial charge in [0.2, 0.25) is 5.82 Å². The molecule has 0 atom stereocenters. The first-order valence-electron chi connectivity index (χ1n) is 9.17. The van der Waals surface area contributed by atoms with E-state index in [2.05, 4.69) is 0 Å². The van der Waals surface area contributed by atoms with Crippen molar-refractivity contribution in [2.45, 2.75) is 5.75 Å². The second-order valence-corrected chi connectivity index (χ2v) is 8.62. The number of ketones is 1. The van der Waals surface area contributed by atoms with Crippen molar-refractivity contribution in [2.24, 2.45) is 0 Å². The number of allylic oxidation sites excluding steroid dienone is 1. The quantitative estimate of drug-likeness (QED) is 0.113. The van der Waals surface area contributed by atoms with Crippen LogP contribution in [0, 0.1) is 15.9 Å². The first-order chi connectivity index (χ1) is 15.3. The summed E-state index contributed by atoms with van der Waals surface area (Å²) in [6.45, 7) is 0. The number of carbonyl (C=O) groups excluding carboxylic acids is 1. The zero-order valence-corrected chi connectivity index (χ0v) is 19.3. The van der Waals surface area contributed by atoms with Crippen LogP contribution >= 0.6 is 34.4 Å². The molecule has 0 fully saturated rings. The number of hydrogen-bond acceptors (Lipinski definition) is 5. The van der Waals surface area contributed by atoms with Crippen molar-refractivity contribution in [1.82, 2.24) is 0 Å². The van der Waals surface area contributed by atoms with Crippen LogP contribution in [0.3, 0.4) is 0 Å². The van der Waals surface area contributed by atoms with E-state index in [9.17, 15) is 24.1 Å². The summed E-state index contributed by atoms with van der Waals surface area (Å²) in [5, 5.41) is 20.2. The Bertz CT molecular complexity index is 1210. The van der Waals surface area contributed by atoms with Gasteiger partial charge in [0.25, 0.3) is 0 Å². The molecule has 0 spiro atoms. The van der Waals surface area contributed by atoms with Crippen molar-refractivity contribution < 1.29 is 24.0 Å². The molecule has 0 saturated carbocycles. The molecule has 1 N–H and O–H groups in total. The molecular weight excluding hydrogens is 548 g/mol. The van der Waals surface area contributed by atoms with E-state index in [-0.39, 0.29) is 16.9 Å². The Labute approximate surface area is 200 Å². The zero-order valence-electron chi connectivity index (χ0n) is 16.3. The summed E-state index contributed by atoms with van der Waals surface area (Å²) in [6, 6.07) is 18.4. The highest BCUT2D eigenvalue weighted by molar-refractivity contribution is 14.1. The first-order valence-corrected chi connectivity index (χ1v) is 11.2. The number of halogens is 2. The molecule has 32 heavy (non-hydrogen) atoms. The van der Waals surface area contributed by atoms with Crippen LogP contribution < -0.4 is 0 Å². The second kappa shape index (κ2) is 10.5. The number of rotatable bonds is 8. The Morgan fingerprint density at radius 1 is 0.969 bits per heavy atom. The second-order valence-electron chi connectivity index (χ2n) is 6.55. The third kappa shape index (κ3) is 5.60. The molecule has 162 valence electrons. The lowest BCUT2D eigenvalue weighted by Crippen LogP contribution is -2.05. The summed E-state index contributed by atoms with van der Waals surface area (Å²) in [4.78, 5) is 35.1. The van der Waals surface area contributed by atoms with E-state index in [1.807, 2.05) is 52.9 Å². The van der Waals surface area contributed by atoms with Gasteiger partial charge in [-0.3, -0.25) is 14.9 Å². The summed E-state index contributed by atoms with van der Waals surface area (Å²) in [5.74, 6) is -1.96. The summed E-state index contributed by atoms with van der Waals surface area (Å²) in [7, 11) is 0. The lowest BCUT2D eigenvalue weighted by Gasteiger charge is -2.11. The van der Waals surface area contributed by atoms with Crippen molar-refractivity contribution >= 4 is 55.4 Å². The van der Waals surface area contributed by atoms with Gasteiger partial charge in [0.1, 0.15) is 0 Å². The van der Waals surface area contributed by atoms with Gasteiger partial charge in [-0.2, -0.15) is 4.39 Å². The molecule has 3 aromatic rings. The SMILES string of the molecule is O=C(O)c1ccc(C(=O)C(SCc2ccccc2)=C(I)c2ccc(F)c([N+](=O)[O-])c2)cc1. The Morgan fingerprint density at radius 2 is 1.56 bits per heavy atom. The number of Topliss-reactive ketones (excluding diaryl/α,β-unsaturated/α-hetero) is 1. The third-order valence-corrected chi connectivity index (χ3v) is 7.11. The van der Waals surface area contributed by atoms with Gasteiger partial charge in [-0.15, -0.1) is 11.8 Å². The Balaban J connectivity index is 2.04. The molecule has 0 amide bonds. The number of carboxylic acids is 1. The average molecular weight is 563 g/mol. The number of nitro benzene ring substituents is 1. The number of benzene rings is 3. The third-order valence-electron chi connectivity index (χ3n) is 4.42. The number of aromatic carboxylic acids is 1. The molecule has 0 aliphatic heterocycles. The van der Waals surface area contributed by atoms with Gasteiger partial charge >= 0.3 is 11.7 Å². The molecule has 3 aromatic carbocycles. The van der Waals surface area contributed by atoms with E-state index in [1.165, 1.54) is 42.1 Å². The lowest BCUT2D eigenvalue weighted by atomic mass is 10.1. The van der Waals surface area contributed by atoms with Crippen molar-refractivity contribution in [2.75, 3.05) is 0 Å². The first kappa shape index (κ1) is 23.6. The van der Waals surface area contributed by atoms with Gasteiger partial charge in [-0.25, -0.2) is 4.79 Å². The van der Waals surface area contributed by atoms with E-state index in [0.717, 1.165) is 17.7 Å². The fraction of sp³-hybridized carbons (Fsp3) is 0.0435. The molecular formula is C23H15FINO5S. The largest absolute Gasteiger partial charge is 0.478 e. The lowest BCUT2D eigenvalue weighted by molar-refractivity contribution is -0.387. The number of hydrogen-bond donors (Lipinski definition) is 1. The van der Waals surface area contributed by atoms with Crippen LogP contribution in [0.4, 0.5) is 10.1 Å². The van der Waals surface area contributed by atoms with Gasteiger partial charge in [-0.1, -0.05) is 48.5 Å². The topological polar surface area (TPSA) is 97.5 Å². The molecule has 0 heterocycles. The fourth-order valence-corrected chi connectivity index (χ4v) is 4.82. The minimum Gasteiger partial charge on any atom is -0.478 e. The maximum atomic E-state index is 13.8. The summed E-state index contributed by atoms with van der Waals surface area (Å²) in [5.41, 5.74) is 0.953. The molecule has 0 saturated heterocycles. The highest BCUT2D eigenvalue weighted by Gasteiger charge is 2.22. The van der Waals surface area contributed by atoms with Gasteiger partial charge in [-0.05, 0) is 51.9 Å². The molecule has 0 radical (unpaired) electrons. The smallest absolute Gasteiger partial charge is 0.335 e. The molecule has 0 bridgehead atoms. The highest BCUT2D eigenvalue weighted by Crippen LogP contribution is 2.37. The minimum absolute atomic E-state index is 0.0490. The summed E-state index contributed by atoms with van der Waals surface area (Å²) in [6.07, 6.45) is 0. The van der Waals surface area contributed by atoms with Gasteiger partial charge in [0.05, 0.1) is 15.4 Å². The predicted molar refractivity (Wildman–Crippen MR) is 129 cm³/mol. The van der Waals surface area contributed by atoms with E-state index in [1.54, 1.807) is 0 Å². The normalized spacial score (nSPS) is 11.6. The number of thioether (sulfide) groups is 1. The van der Waals surface area contributed by atoms with E-state index < -0.39 is 22.4 Å². The van der Waals surface area contributed by atoms with Gasteiger partial charge < -0.3 is 5.11 Å². The van der Waals surface area contributed by atoms with Gasteiger partial charge in [0.15, 0.2) is 5.78 Å². The van der Waals surface area contributed by atoms with Crippen LogP contribution in [0.15, 0.2) is 77.7 Å². The minimum atomic E-state index is -1.11. The van der Waals surface area contributed by atoms with Crippen molar-refractivity contribution in [3.63, 3.8) is 0 Å². The van der Waals surface area contributed by atoms with Crippen molar-refractivity contribution in [3.05, 3.63) is 116 Å². The van der Waals surface area contributed by atoms with Crippen LogP contribution in [-0.2, 0) is 5.75 Å². The molecule has 6 nitrogen and oxygen atoms in total. The molecule has 0 aliphatic rings. The van der Waals surface area contributed by atoms with Crippen LogP contribution in [0.5, 0.6) is 0 Å². The molecule has 9 heteroatoms. The monoisotopic (exact) mass is 563 g/mol. The van der Waals surface area contributed by atoms with E-state index in [4.69, 9.17) is 5.11 Å². The van der Waals surface area contributed by atoms with Crippen molar-refractivity contribution in [1.29, 1.82) is 0 Å². The van der Waals surface area contributed by atoms with Crippen LogP contribution in [-0.4, -0.2) is 21.8 Å². The van der Waals surface area contributed by atoms with Crippen LogP contribution in [0.1, 0.15) is 31.8 Å². The number of nitrogens with zero attached hydrogens (tertiary/aromatic N) is 1. The van der Waals surface area contributed by atoms with Crippen LogP contribution in [0.25, 0.3) is 3.58 Å². The molecule has 0 unspecified atom stereocenters. The number of nitro groups is 1. The average Bonchev–Trinajstić information content (AvgIpc) is 2.79. The van der Waals surface area contributed by atoms with Gasteiger partial charge in [0, 0.05) is 21.0 Å². The Kier molecular flexibility index (Phi) is 7.75.